The van der Waals surface area contributed by atoms with Crippen molar-refractivity contribution in [2.24, 2.45) is 0 Å². The Kier molecular flexibility index (Phi) is 11.1. The van der Waals surface area contributed by atoms with Crippen molar-refractivity contribution in [3.8, 4) is 5.75 Å². The van der Waals surface area contributed by atoms with Gasteiger partial charge < -0.3 is 15.0 Å². The van der Waals surface area contributed by atoms with Crippen molar-refractivity contribution < 1.29 is 22.7 Å². The van der Waals surface area contributed by atoms with E-state index in [9.17, 15) is 18.0 Å². The predicted molar refractivity (Wildman–Crippen MR) is 151 cm³/mol. The predicted octanol–water partition coefficient (Wildman–Crippen LogP) is 3.65. The highest BCUT2D eigenvalue weighted by atomic mass is 32.2. The summed E-state index contributed by atoms with van der Waals surface area (Å²) < 4.78 is 34.3. The van der Waals surface area contributed by atoms with Crippen molar-refractivity contribution in [1.29, 1.82) is 0 Å². The zero-order chi connectivity index (χ0) is 28.6. The van der Waals surface area contributed by atoms with E-state index in [4.69, 9.17) is 4.74 Å². The fraction of sp³-hybridized carbons (Fsp3) is 0.500. The Bertz CT molecular complexity index is 1200. The fourth-order valence-electron chi connectivity index (χ4n) is 3.98. The summed E-state index contributed by atoms with van der Waals surface area (Å²) in [7, 11) is 0.422. The monoisotopic (exact) mass is 546 g/mol. The summed E-state index contributed by atoms with van der Waals surface area (Å²) in [6, 6.07) is 11.9. The van der Waals surface area contributed by atoms with E-state index in [1.165, 1.54) is 19.0 Å². The van der Waals surface area contributed by atoms with Crippen LogP contribution >= 0.6 is 0 Å². The van der Waals surface area contributed by atoms with Crippen LogP contribution in [0.5, 0.6) is 5.75 Å². The van der Waals surface area contributed by atoms with Crippen LogP contribution in [0.4, 0.5) is 5.69 Å². The molecule has 0 bridgehead atoms. The van der Waals surface area contributed by atoms with E-state index in [-0.39, 0.29) is 18.5 Å². The third-order valence-electron chi connectivity index (χ3n) is 6.55. The summed E-state index contributed by atoms with van der Waals surface area (Å²) in [4.78, 5) is 28.7. The van der Waals surface area contributed by atoms with E-state index in [0.717, 1.165) is 31.7 Å². The van der Waals surface area contributed by atoms with E-state index < -0.39 is 28.7 Å². The Morgan fingerprint density at radius 3 is 2.16 bits per heavy atom. The van der Waals surface area contributed by atoms with Gasteiger partial charge in [0.25, 0.3) is 0 Å². The number of carbonyl (C=O) groups excluding carboxylic acids is 2. The Morgan fingerprint density at radius 2 is 1.63 bits per heavy atom. The van der Waals surface area contributed by atoms with E-state index in [1.54, 1.807) is 32.2 Å². The summed E-state index contributed by atoms with van der Waals surface area (Å²) in [5.74, 6) is -0.0675. The molecule has 0 aliphatic carbocycles. The van der Waals surface area contributed by atoms with E-state index >= 15 is 0 Å². The molecule has 2 aromatic carbocycles. The summed E-state index contributed by atoms with van der Waals surface area (Å²) in [5.41, 5.74) is 2.81. The van der Waals surface area contributed by atoms with E-state index in [0.29, 0.717) is 17.9 Å². The van der Waals surface area contributed by atoms with Gasteiger partial charge in [0.1, 0.15) is 18.3 Å². The molecule has 2 amide bonds. The molecule has 0 spiro atoms. The van der Waals surface area contributed by atoms with Gasteiger partial charge in [-0.25, -0.2) is 4.31 Å². The van der Waals surface area contributed by atoms with Crippen molar-refractivity contribution in [1.82, 2.24) is 14.5 Å². The van der Waals surface area contributed by atoms with E-state index in [1.807, 2.05) is 52.0 Å². The van der Waals surface area contributed by atoms with Gasteiger partial charge in [-0.15, -0.1) is 0 Å². The Balaban J connectivity index is 2.55. The van der Waals surface area contributed by atoms with Crippen LogP contribution in [0.2, 0.25) is 0 Å². The van der Waals surface area contributed by atoms with Crippen LogP contribution in [0.25, 0.3) is 0 Å². The maximum absolute atomic E-state index is 14.0. The number of nitrogens with one attached hydrogen (secondary N) is 1. The number of anilines is 1. The molecule has 0 aromatic heterocycles. The number of ether oxygens (including phenoxy) is 1. The number of rotatable bonds is 13. The smallest absolute Gasteiger partial charge is 0.304 e. The van der Waals surface area contributed by atoms with Gasteiger partial charge in [-0.2, -0.15) is 12.7 Å². The average molecular weight is 547 g/mol. The third kappa shape index (κ3) is 7.70. The molecule has 2 rings (SSSR count). The quantitative estimate of drug-likeness (QED) is 0.414. The number of methoxy groups -OCH3 is 1. The number of benzene rings is 2. The molecule has 0 saturated carbocycles. The van der Waals surface area contributed by atoms with Gasteiger partial charge in [-0.3, -0.25) is 9.59 Å². The van der Waals surface area contributed by atoms with Crippen molar-refractivity contribution in [3.05, 3.63) is 59.2 Å². The van der Waals surface area contributed by atoms with Gasteiger partial charge in [0.15, 0.2) is 0 Å². The summed E-state index contributed by atoms with van der Waals surface area (Å²) in [6.07, 6.45) is 1.12. The lowest BCUT2D eigenvalue weighted by Crippen LogP contribution is -2.54. The summed E-state index contributed by atoms with van der Waals surface area (Å²) in [5, 5.41) is 2.98. The molecule has 9 nitrogen and oxygen atoms in total. The zero-order valence-corrected chi connectivity index (χ0v) is 24.6. The van der Waals surface area contributed by atoms with Gasteiger partial charge >= 0.3 is 10.2 Å². The molecular weight excluding hydrogens is 504 g/mol. The minimum atomic E-state index is -4.02. The lowest BCUT2D eigenvalue weighted by atomic mass is 10.1. The maximum atomic E-state index is 14.0. The number of carbonyl (C=O) groups is 2. The molecule has 0 heterocycles. The lowest BCUT2D eigenvalue weighted by molar-refractivity contribution is -0.140. The second-order valence-corrected chi connectivity index (χ2v) is 11.8. The van der Waals surface area contributed by atoms with E-state index in [2.05, 4.69) is 5.32 Å². The van der Waals surface area contributed by atoms with Crippen molar-refractivity contribution >= 4 is 27.7 Å². The Labute approximate surface area is 227 Å². The fourth-order valence-corrected chi connectivity index (χ4v) is 5.09. The molecule has 2 atom stereocenters. The Hall–Kier alpha value is -3.11. The third-order valence-corrected chi connectivity index (χ3v) is 8.36. The lowest BCUT2D eigenvalue weighted by Gasteiger charge is -2.34. The van der Waals surface area contributed by atoms with Crippen molar-refractivity contribution in [3.63, 3.8) is 0 Å². The minimum Gasteiger partial charge on any atom is -0.497 e. The zero-order valence-electron chi connectivity index (χ0n) is 23.8. The first-order valence-electron chi connectivity index (χ1n) is 12.9. The molecule has 0 aliphatic heterocycles. The summed E-state index contributed by atoms with van der Waals surface area (Å²) >= 11 is 0. The van der Waals surface area contributed by atoms with Crippen LogP contribution in [0.3, 0.4) is 0 Å². The summed E-state index contributed by atoms with van der Waals surface area (Å²) in [6.45, 7) is 9.08. The number of hydrogen-bond acceptors (Lipinski definition) is 5. The number of nitrogens with zero attached hydrogens (tertiary/aromatic N) is 3. The molecule has 0 unspecified atom stereocenters. The molecule has 210 valence electrons. The molecule has 1 N–H and O–H groups in total. The molecule has 0 aliphatic rings. The second kappa shape index (κ2) is 13.6. The molecule has 10 heteroatoms. The van der Waals surface area contributed by atoms with Crippen LogP contribution < -0.4 is 14.4 Å². The standard InChI is InChI=1S/C28H42N4O5S/c1-9-22(5)29-28(34)25(10-2)31(18-23-13-15-24(37-8)16-14-23)27(33)19-32(38(35,36)30(6)7)26-17-20(3)11-12-21(26)4/h11-17,22,25H,9-10,18-19H2,1-8H3,(H,29,34)/t22-,25+/m0/s1. The highest BCUT2D eigenvalue weighted by molar-refractivity contribution is 7.90. The molecule has 38 heavy (non-hydrogen) atoms. The minimum absolute atomic E-state index is 0.0601. The van der Waals surface area contributed by atoms with Crippen LogP contribution in [0.15, 0.2) is 42.5 Å². The van der Waals surface area contributed by atoms with Crippen LogP contribution in [0, 0.1) is 13.8 Å². The number of aryl methyl sites for hydroxylation is 2. The van der Waals surface area contributed by atoms with Crippen molar-refractivity contribution in [2.75, 3.05) is 32.1 Å². The molecule has 0 saturated heterocycles. The Morgan fingerprint density at radius 1 is 1.00 bits per heavy atom. The molecular formula is C28H42N4O5S. The number of hydrogen-bond donors (Lipinski definition) is 1. The van der Waals surface area contributed by atoms with Crippen LogP contribution in [0.1, 0.15) is 50.3 Å². The van der Waals surface area contributed by atoms with Crippen LogP contribution in [-0.4, -0.2) is 69.3 Å². The first-order chi connectivity index (χ1) is 17.8. The van der Waals surface area contributed by atoms with Crippen LogP contribution in [-0.2, 0) is 26.3 Å². The van der Waals surface area contributed by atoms with Gasteiger partial charge in [-0.05, 0) is 68.5 Å². The van der Waals surface area contributed by atoms with Gasteiger partial charge in [-0.1, -0.05) is 38.1 Å². The first-order valence-corrected chi connectivity index (χ1v) is 14.3. The second-order valence-electron chi connectivity index (χ2n) is 9.70. The SMILES string of the molecule is CC[C@H](C(=O)N[C@@H](C)CC)N(Cc1ccc(OC)cc1)C(=O)CN(c1cc(C)ccc1C)S(=O)(=O)N(C)C. The van der Waals surface area contributed by atoms with Gasteiger partial charge in [0, 0.05) is 26.7 Å². The van der Waals surface area contributed by atoms with Gasteiger partial charge in [0.2, 0.25) is 11.8 Å². The average Bonchev–Trinajstić information content (AvgIpc) is 2.88. The first kappa shape index (κ1) is 31.1. The topological polar surface area (TPSA) is 99.3 Å². The molecule has 2 aromatic rings. The number of amides is 2. The maximum Gasteiger partial charge on any atom is 0.304 e. The largest absolute Gasteiger partial charge is 0.497 e. The highest BCUT2D eigenvalue weighted by Crippen LogP contribution is 2.26. The van der Waals surface area contributed by atoms with Crippen molar-refractivity contribution in [2.45, 2.75) is 66.1 Å². The van der Waals surface area contributed by atoms with Gasteiger partial charge in [0.05, 0.1) is 12.8 Å². The normalized spacial score (nSPS) is 13.1. The highest BCUT2D eigenvalue weighted by Gasteiger charge is 2.34. The molecule has 0 radical (unpaired) electrons. The molecule has 0 fully saturated rings.